The number of carbonyl (C=O) groups is 1. The Kier molecular flexibility index (Phi) is 5.19. The fraction of sp³-hybridized carbons (Fsp3) is 0.292. The largest absolute Gasteiger partial charge is 0.496 e. The normalized spacial score (nSPS) is 15.6. The van der Waals surface area contributed by atoms with Crippen LogP contribution in [0.15, 0.2) is 48.7 Å². The van der Waals surface area contributed by atoms with Gasteiger partial charge in [0.15, 0.2) is 0 Å². The third-order valence-corrected chi connectivity index (χ3v) is 6.77. The molecule has 0 saturated carbocycles. The average Bonchev–Trinajstić information content (AvgIpc) is 3.36. The molecule has 158 valence electrons. The van der Waals surface area contributed by atoms with E-state index in [-0.39, 0.29) is 11.9 Å². The minimum atomic E-state index is -0.0525. The number of ether oxygens (including phenoxy) is 1. The first kappa shape index (κ1) is 19.8. The zero-order chi connectivity index (χ0) is 21.4. The summed E-state index contributed by atoms with van der Waals surface area (Å²) in [5.74, 6) is 0.810. The highest BCUT2D eigenvalue weighted by molar-refractivity contribution is 7.18. The Balaban J connectivity index is 1.37. The molecule has 7 heteroatoms. The third-order valence-electron chi connectivity index (χ3n) is 5.84. The van der Waals surface area contributed by atoms with Crippen LogP contribution in [-0.4, -0.2) is 27.8 Å². The number of methoxy groups -OCH3 is 1. The van der Waals surface area contributed by atoms with Gasteiger partial charge in [-0.3, -0.25) is 9.48 Å². The number of amides is 1. The SMILES string of the molecule is COc1ccccc1Cn1ncc2c1CCCC2NC(=O)c1ccc2nc(C)sc2c1. The second-order valence-corrected chi connectivity index (χ2v) is 9.08. The van der Waals surface area contributed by atoms with Crippen LogP contribution in [0.1, 0.15) is 51.1 Å². The van der Waals surface area contributed by atoms with Crippen molar-refractivity contribution in [1.29, 1.82) is 0 Å². The molecular formula is C24H24N4O2S. The van der Waals surface area contributed by atoms with Crippen molar-refractivity contribution in [3.8, 4) is 5.75 Å². The zero-order valence-corrected chi connectivity index (χ0v) is 18.4. The molecule has 2 aromatic heterocycles. The molecule has 1 atom stereocenters. The van der Waals surface area contributed by atoms with Crippen LogP contribution in [-0.2, 0) is 13.0 Å². The predicted molar refractivity (Wildman–Crippen MR) is 122 cm³/mol. The lowest BCUT2D eigenvalue weighted by Gasteiger charge is -2.24. The van der Waals surface area contributed by atoms with E-state index in [0.29, 0.717) is 12.1 Å². The smallest absolute Gasteiger partial charge is 0.251 e. The Bertz CT molecular complexity index is 1260. The number of carbonyl (C=O) groups excluding carboxylic acids is 1. The average molecular weight is 433 g/mol. The van der Waals surface area contributed by atoms with Gasteiger partial charge in [0, 0.05) is 22.4 Å². The van der Waals surface area contributed by atoms with Crippen molar-refractivity contribution in [2.24, 2.45) is 0 Å². The van der Waals surface area contributed by atoms with Crippen LogP contribution in [0.25, 0.3) is 10.2 Å². The highest BCUT2D eigenvalue weighted by Crippen LogP contribution is 2.31. The van der Waals surface area contributed by atoms with Crippen LogP contribution < -0.4 is 10.1 Å². The number of aromatic nitrogens is 3. The number of hydrogen-bond acceptors (Lipinski definition) is 5. The van der Waals surface area contributed by atoms with E-state index in [1.165, 1.54) is 5.69 Å². The Labute approximate surface area is 184 Å². The zero-order valence-electron chi connectivity index (χ0n) is 17.6. The molecule has 1 aliphatic carbocycles. The van der Waals surface area contributed by atoms with Crippen molar-refractivity contribution in [2.75, 3.05) is 7.11 Å². The standard InChI is InChI=1S/C24H24N4O2S/c1-15-26-20-11-10-16(12-23(20)31-15)24(29)27-19-7-5-8-21-18(19)13-25-28(21)14-17-6-3-4-9-22(17)30-2/h3-4,6,9-13,19H,5,7-8,14H2,1-2H3,(H,27,29). The monoisotopic (exact) mass is 432 g/mol. The van der Waals surface area contributed by atoms with Gasteiger partial charge in [0.2, 0.25) is 0 Å². The molecule has 2 heterocycles. The number of aryl methyl sites for hydroxylation is 1. The van der Waals surface area contributed by atoms with Gasteiger partial charge in [-0.1, -0.05) is 18.2 Å². The van der Waals surface area contributed by atoms with E-state index in [1.807, 2.05) is 54.2 Å². The summed E-state index contributed by atoms with van der Waals surface area (Å²) in [4.78, 5) is 17.5. The molecule has 0 saturated heterocycles. The Morgan fingerprint density at radius 2 is 2.16 bits per heavy atom. The van der Waals surface area contributed by atoms with Gasteiger partial charge in [0.05, 0.1) is 41.1 Å². The number of nitrogens with zero attached hydrogens (tertiary/aromatic N) is 3. The Morgan fingerprint density at radius 1 is 1.29 bits per heavy atom. The summed E-state index contributed by atoms with van der Waals surface area (Å²) >= 11 is 1.61. The topological polar surface area (TPSA) is 69.0 Å². The molecule has 0 aliphatic heterocycles. The molecule has 0 fully saturated rings. The van der Waals surface area contributed by atoms with Gasteiger partial charge in [0.25, 0.3) is 5.91 Å². The highest BCUT2D eigenvalue weighted by Gasteiger charge is 2.26. The quantitative estimate of drug-likeness (QED) is 0.498. The van der Waals surface area contributed by atoms with Crippen molar-refractivity contribution in [2.45, 2.75) is 38.8 Å². The molecule has 1 N–H and O–H groups in total. The molecule has 0 radical (unpaired) electrons. The summed E-state index contributed by atoms with van der Waals surface area (Å²) < 4.78 is 8.57. The maximum Gasteiger partial charge on any atom is 0.251 e. The molecule has 1 amide bonds. The van der Waals surface area contributed by atoms with Crippen molar-refractivity contribution in [3.63, 3.8) is 0 Å². The molecule has 1 aliphatic rings. The lowest BCUT2D eigenvalue weighted by atomic mass is 9.92. The van der Waals surface area contributed by atoms with Gasteiger partial charge in [-0.2, -0.15) is 5.10 Å². The highest BCUT2D eigenvalue weighted by atomic mass is 32.1. The number of para-hydroxylation sites is 1. The van der Waals surface area contributed by atoms with Crippen molar-refractivity contribution < 1.29 is 9.53 Å². The van der Waals surface area contributed by atoms with Crippen LogP contribution in [0.2, 0.25) is 0 Å². The number of fused-ring (bicyclic) bond motifs is 2. The van der Waals surface area contributed by atoms with E-state index in [9.17, 15) is 4.79 Å². The molecule has 1 unspecified atom stereocenters. The Hall–Kier alpha value is -3.19. The first-order chi connectivity index (χ1) is 15.1. The first-order valence-corrected chi connectivity index (χ1v) is 11.3. The first-order valence-electron chi connectivity index (χ1n) is 10.5. The summed E-state index contributed by atoms with van der Waals surface area (Å²) in [6.07, 6.45) is 4.80. The van der Waals surface area contributed by atoms with Crippen molar-refractivity contribution in [3.05, 3.63) is 76.1 Å². The maximum absolute atomic E-state index is 13.0. The molecule has 6 nitrogen and oxygen atoms in total. The van der Waals surface area contributed by atoms with E-state index < -0.39 is 0 Å². The summed E-state index contributed by atoms with van der Waals surface area (Å²) in [6.45, 7) is 2.64. The van der Waals surface area contributed by atoms with Crippen molar-refractivity contribution in [1.82, 2.24) is 20.1 Å². The van der Waals surface area contributed by atoms with E-state index in [2.05, 4.69) is 21.5 Å². The molecule has 0 spiro atoms. The number of nitrogens with one attached hydrogen (secondary N) is 1. The van der Waals surface area contributed by atoms with E-state index in [1.54, 1.807) is 18.4 Å². The number of rotatable bonds is 5. The minimum absolute atomic E-state index is 0.0263. The van der Waals surface area contributed by atoms with Crippen LogP contribution >= 0.6 is 11.3 Å². The molecule has 2 aromatic carbocycles. The lowest BCUT2D eigenvalue weighted by Crippen LogP contribution is -2.31. The molecule has 0 bridgehead atoms. The maximum atomic E-state index is 13.0. The molecular weight excluding hydrogens is 408 g/mol. The van der Waals surface area contributed by atoms with Crippen molar-refractivity contribution >= 4 is 27.5 Å². The Morgan fingerprint density at radius 3 is 3.03 bits per heavy atom. The van der Waals surface area contributed by atoms with Crippen LogP contribution in [0, 0.1) is 6.92 Å². The fourth-order valence-corrected chi connectivity index (χ4v) is 5.19. The molecule has 5 rings (SSSR count). The minimum Gasteiger partial charge on any atom is -0.496 e. The lowest BCUT2D eigenvalue weighted by molar-refractivity contribution is 0.0933. The second kappa shape index (κ2) is 8.15. The van der Waals surface area contributed by atoms with Gasteiger partial charge in [-0.15, -0.1) is 11.3 Å². The van der Waals surface area contributed by atoms with Gasteiger partial charge < -0.3 is 10.1 Å². The third kappa shape index (κ3) is 3.81. The molecule has 4 aromatic rings. The number of thiazole rings is 1. The summed E-state index contributed by atoms with van der Waals surface area (Å²) in [5.41, 5.74) is 5.01. The summed E-state index contributed by atoms with van der Waals surface area (Å²) in [5, 5.41) is 8.88. The van der Waals surface area contributed by atoms with Gasteiger partial charge >= 0.3 is 0 Å². The second-order valence-electron chi connectivity index (χ2n) is 7.85. The van der Waals surface area contributed by atoms with Crippen LogP contribution in [0.5, 0.6) is 5.75 Å². The fourth-order valence-electron chi connectivity index (χ4n) is 4.32. The van der Waals surface area contributed by atoms with Gasteiger partial charge in [-0.05, 0) is 50.5 Å². The van der Waals surface area contributed by atoms with E-state index in [0.717, 1.165) is 51.4 Å². The summed E-state index contributed by atoms with van der Waals surface area (Å²) in [7, 11) is 1.69. The number of benzene rings is 2. The summed E-state index contributed by atoms with van der Waals surface area (Å²) in [6, 6.07) is 13.7. The number of hydrogen-bond donors (Lipinski definition) is 1. The predicted octanol–water partition coefficient (Wildman–Crippen LogP) is 4.67. The molecule has 31 heavy (non-hydrogen) atoms. The van der Waals surface area contributed by atoms with Crippen LogP contribution in [0.3, 0.4) is 0 Å². The van der Waals surface area contributed by atoms with E-state index in [4.69, 9.17) is 4.74 Å². The van der Waals surface area contributed by atoms with Crippen LogP contribution in [0.4, 0.5) is 0 Å². The van der Waals surface area contributed by atoms with Gasteiger partial charge in [-0.25, -0.2) is 4.98 Å². The van der Waals surface area contributed by atoms with E-state index >= 15 is 0 Å². The van der Waals surface area contributed by atoms with Gasteiger partial charge in [0.1, 0.15) is 5.75 Å².